The second kappa shape index (κ2) is 6.48. The summed E-state index contributed by atoms with van der Waals surface area (Å²) >= 11 is 0. The van der Waals surface area contributed by atoms with E-state index in [2.05, 4.69) is 9.97 Å². The topological polar surface area (TPSA) is 59.0 Å². The molecule has 5 nitrogen and oxygen atoms in total. The van der Waals surface area contributed by atoms with Gasteiger partial charge in [-0.15, -0.1) is 0 Å². The summed E-state index contributed by atoms with van der Waals surface area (Å²) in [6.07, 6.45) is 6.08. The van der Waals surface area contributed by atoms with E-state index in [1.807, 2.05) is 30.2 Å². The molecule has 0 aliphatic carbocycles. The molecule has 2 aliphatic rings. The van der Waals surface area contributed by atoms with Crippen LogP contribution in [0.25, 0.3) is 11.4 Å². The highest BCUT2D eigenvalue weighted by atomic mass is 19.1. The minimum atomic E-state index is -0.278. The first-order valence-corrected chi connectivity index (χ1v) is 9.47. The Morgan fingerprint density at radius 3 is 2.64 bits per heavy atom. The van der Waals surface area contributed by atoms with E-state index in [0.29, 0.717) is 17.8 Å². The number of halogens is 1. The summed E-state index contributed by atoms with van der Waals surface area (Å²) in [5.74, 6) is 0.341. The average molecular weight is 374 g/mol. The lowest BCUT2D eigenvalue weighted by molar-refractivity contribution is 0.0643. The van der Waals surface area contributed by atoms with Crippen LogP contribution in [-0.4, -0.2) is 31.8 Å². The van der Waals surface area contributed by atoms with Gasteiger partial charge >= 0.3 is 0 Å². The Bertz CT molecular complexity index is 1050. The molecule has 3 aromatic rings. The number of rotatable bonds is 2. The van der Waals surface area contributed by atoms with Gasteiger partial charge in [0.05, 0.1) is 17.3 Å². The third-order valence-corrected chi connectivity index (χ3v) is 5.69. The number of benzene rings is 1. The maximum absolute atomic E-state index is 13.2. The second-order valence-electron chi connectivity index (χ2n) is 7.45. The van der Waals surface area contributed by atoms with Crippen molar-refractivity contribution in [1.82, 2.24) is 19.9 Å². The fraction of sp³-hybridized carbons (Fsp3) is 0.273. The third-order valence-electron chi connectivity index (χ3n) is 5.69. The highest BCUT2D eigenvalue weighted by Gasteiger charge is 2.43. The molecule has 0 N–H and O–H groups in total. The quantitative estimate of drug-likeness (QED) is 0.683. The molecule has 0 saturated carbocycles. The lowest BCUT2D eigenvalue weighted by Gasteiger charge is -2.35. The number of fused-ring (bicyclic) bond motifs is 4. The van der Waals surface area contributed by atoms with Gasteiger partial charge in [0.1, 0.15) is 5.82 Å². The summed E-state index contributed by atoms with van der Waals surface area (Å²) in [6.45, 7) is 1.91. The zero-order chi connectivity index (χ0) is 19.3. The first-order chi connectivity index (χ1) is 13.6. The lowest BCUT2D eigenvalue weighted by Crippen LogP contribution is -2.42. The fourth-order valence-electron chi connectivity index (χ4n) is 4.27. The summed E-state index contributed by atoms with van der Waals surface area (Å²) in [7, 11) is 0. The SMILES string of the molecule is Cc1ccc(C(=O)N2C3CCC2c2cnc(-c4ccc(F)cc4)nc2C3)cn1. The lowest BCUT2D eigenvalue weighted by atomic mass is 9.98. The number of carbonyl (C=O) groups excluding carboxylic acids is 1. The van der Waals surface area contributed by atoms with Gasteiger partial charge in [-0.25, -0.2) is 14.4 Å². The molecule has 2 unspecified atom stereocenters. The molecule has 2 bridgehead atoms. The standard InChI is InChI=1S/C22H19FN4O/c1-13-2-3-15(11-24-13)22(28)27-17-8-9-20(27)18-12-25-21(26-19(18)10-17)14-4-6-16(23)7-5-14/h2-7,11-12,17,20H,8-10H2,1H3. The Balaban J connectivity index is 1.47. The normalized spacial score (nSPS) is 20.1. The largest absolute Gasteiger partial charge is 0.328 e. The zero-order valence-corrected chi connectivity index (χ0v) is 15.5. The van der Waals surface area contributed by atoms with Gasteiger partial charge < -0.3 is 4.90 Å². The highest BCUT2D eigenvalue weighted by molar-refractivity contribution is 5.94. The molecule has 2 aliphatic heterocycles. The molecule has 1 saturated heterocycles. The highest BCUT2D eigenvalue weighted by Crippen LogP contribution is 2.43. The minimum Gasteiger partial charge on any atom is -0.328 e. The van der Waals surface area contributed by atoms with E-state index in [0.717, 1.165) is 35.4 Å². The van der Waals surface area contributed by atoms with E-state index in [-0.39, 0.29) is 23.8 Å². The van der Waals surface area contributed by atoms with Crippen molar-refractivity contribution in [3.63, 3.8) is 0 Å². The van der Waals surface area contributed by atoms with Crippen molar-refractivity contribution in [2.24, 2.45) is 0 Å². The first kappa shape index (κ1) is 17.0. The number of pyridine rings is 1. The average Bonchev–Trinajstić information content (AvgIpc) is 3.03. The van der Waals surface area contributed by atoms with Crippen LogP contribution in [0.2, 0.25) is 0 Å². The van der Waals surface area contributed by atoms with Gasteiger partial charge in [0.2, 0.25) is 0 Å². The van der Waals surface area contributed by atoms with Crippen LogP contribution in [0.3, 0.4) is 0 Å². The van der Waals surface area contributed by atoms with Crippen molar-refractivity contribution in [2.75, 3.05) is 0 Å². The maximum Gasteiger partial charge on any atom is 0.256 e. The molecule has 0 radical (unpaired) electrons. The molecule has 1 amide bonds. The number of amides is 1. The molecule has 1 fully saturated rings. The van der Waals surface area contributed by atoms with E-state index in [9.17, 15) is 9.18 Å². The van der Waals surface area contributed by atoms with Crippen LogP contribution < -0.4 is 0 Å². The predicted octanol–water partition coefficient (Wildman–Crippen LogP) is 3.89. The molecule has 1 aromatic carbocycles. The van der Waals surface area contributed by atoms with Crippen molar-refractivity contribution in [1.29, 1.82) is 0 Å². The van der Waals surface area contributed by atoms with E-state index < -0.39 is 0 Å². The van der Waals surface area contributed by atoms with Crippen molar-refractivity contribution in [3.8, 4) is 11.4 Å². The number of aryl methyl sites for hydroxylation is 1. The van der Waals surface area contributed by atoms with Gasteiger partial charge in [-0.2, -0.15) is 0 Å². The predicted molar refractivity (Wildman–Crippen MR) is 102 cm³/mol. The van der Waals surface area contributed by atoms with Crippen LogP contribution >= 0.6 is 0 Å². The molecule has 2 atom stereocenters. The number of carbonyl (C=O) groups is 1. The van der Waals surface area contributed by atoms with Crippen molar-refractivity contribution in [3.05, 3.63) is 77.1 Å². The van der Waals surface area contributed by atoms with Crippen LogP contribution in [0.4, 0.5) is 4.39 Å². The summed E-state index contributed by atoms with van der Waals surface area (Å²) < 4.78 is 13.2. The van der Waals surface area contributed by atoms with Crippen molar-refractivity contribution < 1.29 is 9.18 Å². The van der Waals surface area contributed by atoms with Gasteiger partial charge in [0, 0.05) is 41.7 Å². The molecule has 0 spiro atoms. The van der Waals surface area contributed by atoms with Crippen molar-refractivity contribution >= 4 is 5.91 Å². The Hall–Kier alpha value is -3.15. The van der Waals surface area contributed by atoms with Gasteiger partial charge in [-0.1, -0.05) is 0 Å². The van der Waals surface area contributed by atoms with E-state index in [4.69, 9.17) is 4.98 Å². The molecule has 6 heteroatoms. The second-order valence-corrected chi connectivity index (χ2v) is 7.45. The fourth-order valence-corrected chi connectivity index (χ4v) is 4.27. The van der Waals surface area contributed by atoms with Gasteiger partial charge in [-0.3, -0.25) is 9.78 Å². The Labute approximate surface area is 162 Å². The summed E-state index contributed by atoms with van der Waals surface area (Å²) in [4.78, 5) is 28.6. The monoisotopic (exact) mass is 374 g/mol. The van der Waals surface area contributed by atoms with Crippen LogP contribution in [0.5, 0.6) is 0 Å². The molecule has 28 heavy (non-hydrogen) atoms. The molecule has 4 heterocycles. The van der Waals surface area contributed by atoms with E-state index in [1.54, 1.807) is 18.3 Å². The first-order valence-electron chi connectivity index (χ1n) is 9.47. The molecule has 140 valence electrons. The number of nitrogens with zero attached hydrogens (tertiary/aromatic N) is 4. The zero-order valence-electron chi connectivity index (χ0n) is 15.5. The van der Waals surface area contributed by atoms with Crippen LogP contribution in [0, 0.1) is 12.7 Å². The molecular weight excluding hydrogens is 355 g/mol. The van der Waals surface area contributed by atoms with Crippen LogP contribution in [-0.2, 0) is 6.42 Å². The smallest absolute Gasteiger partial charge is 0.256 e. The summed E-state index contributed by atoms with van der Waals surface area (Å²) in [6, 6.07) is 10.1. The molecular formula is C22H19FN4O. The Morgan fingerprint density at radius 1 is 1.07 bits per heavy atom. The van der Waals surface area contributed by atoms with E-state index >= 15 is 0 Å². The van der Waals surface area contributed by atoms with E-state index in [1.165, 1.54) is 12.1 Å². The minimum absolute atomic E-state index is 0.00446. The maximum atomic E-state index is 13.2. The van der Waals surface area contributed by atoms with Crippen LogP contribution in [0.1, 0.15) is 46.2 Å². The Kier molecular flexibility index (Phi) is 3.93. The van der Waals surface area contributed by atoms with Gasteiger partial charge in [0.25, 0.3) is 5.91 Å². The molecule has 5 rings (SSSR count). The summed E-state index contributed by atoms with van der Waals surface area (Å²) in [5, 5.41) is 0. The number of hydrogen-bond donors (Lipinski definition) is 0. The third kappa shape index (κ3) is 2.76. The number of aromatic nitrogens is 3. The van der Waals surface area contributed by atoms with Crippen molar-refractivity contribution in [2.45, 2.75) is 38.3 Å². The van der Waals surface area contributed by atoms with Gasteiger partial charge in [-0.05, 0) is 56.2 Å². The van der Waals surface area contributed by atoms with Crippen LogP contribution in [0.15, 0.2) is 48.8 Å². The van der Waals surface area contributed by atoms with Gasteiger partial charge in [0.15, 0.2) is 5.82 Å². The summed E-state index contributed by atoms with van der Waals surface area (Å²) in [5.41, 5.74) is 4.32. The number of hydrogen-bond acceptors (Lipinski definition) is 4. The Morgan fingerprint density at radius 2 is 1.89 bits per heavy atom. The molecule has 2 aromatic heterocycles.